The summed E-state index contributed by atoms with van der Waals surface area (Å²) in [6, 6.07) is 6.70. The van der Waals surface area contributed by atoms with Gasteiger partial charge in [0.15, 0.2) is 0 Å². The number of terminal acetylenes is 1. The molecule has 68 valence electrons. The average Bonchev–Trinajstić information content (AvgIpc) is 2.15. The first-order valence-corrected chi connectivity index (χ1v) is 3.67. The largest absolute Gasteiger partial charge is 0.345 e. The van der Waals surface area contributed by atoms with Gasteiger partial charge in [-0.25, -0.2) is 0 Å². The number of halogens is 2. The summed E-state index contributed by atoms with van der Waals surface area (Å²) in [4.78, 5) is 0. The summed E-state index contributed by atoms with van der Waals surface area (Å²) in [6.07, 6.45) is 5.12. The van der Waals surface area contributed by atoms with Crippen molar-refractivity contribution in [3.63, 3.8) is 0 Å². The zero-order valence-electron chi connectivity index (χ0n) is 6.84. The van der Waals surface area contributed by atoms with E-state index in [-0.39, 0.29) is 6.61 Å². The normalized spacial score (nSPS) is 10.0. The second kappa shape index (κ2) is 4.58. The zero-order chi connectivity index (χ0) is 9.68. The summed E-state index contributed by atoms with van der Waals surface area (Å²) in [6.45, 7) is -2.82. The van der Waals surface area contributed by atoms with Gasteiger partial charge < -0.3 is 4.74 Å². The second-order valence-corrected chi connectivity index (χ2v) is 2.41. The fraction of sp³-hybridized carbons (Fsp3) is 0.200. The fourth-order valence-corrected chi connectivity index (χ4v) is 0.856. The van der Waals surface area contributed by atoms with Crippen LogP contribution in [0.2, 0.25) is 0 Å². The molecular weight excluding hydrogens is 174 g/mol. The lowest BCUT2D eigenvalue weighted by molar-refractivity contribution is -0.137. The summed E-state index contributed by atoms with van der Waals surface area (Å²) in [7, 11) is 0. The summed E-state index contributed by atoms with van der Waals surface area (Å²) < 4.78 is 27.3. The van der Waals surface area contributed by atoms with Gasteiger partial charge in [0.2, 0.25) is 0 Å². The first-order valence-electron chi connectivity index (χ1n) is 3.67. The highest BCUT2D eigenvalue weighted by Crippen LogP contribution is 2.07. The Kier molecular flexibility index (Phi) is 3.41. The summed E-state index contributed by atoms with van der Waals surface area (Å²) in [5.74, 6) is 2.43. The van der Waals surface area contributed by atoms with Crippen LogP contribution in [0.1, 0.15) is 11.1 Å². The Labute approximate surface area is 75.3 Å². The number of ether oxygens (including phenoxy) is 1. The molecule has 1 rings (SSSR count). The first kappa shape index (κ1) is 9.69. The molecule has 0 atom stereocenters. The number of hydrogen-bond donors (Lipinski definition) is 0. The van der Waals surface area contributed by atoms with E-state index in [2.05, 4.69) is 10.7 Å². The minimum absolute atomic E-state index is 0.0947. The molecular formula is C10H8F2O. The molecule has 0 aliphatic heterocycles. The van der Waals surface area contributed by atoms with E-state index in [4.69, 9.17) is 6.42 Å². The monoisotopic (exact) mass is 182 g/mol. The molecule has 0 saturated carbocycles. The Hall–Kier alpha value is -1.40. The van der Waals surface area contributed by atoms with Crippen LogP contribution >= 0.6 is 0 Å². The van der Waals surface area contributed by atoms with E-state index in [9.17, 15) is 8.78 Å². The van der Waals surface area contributed by atoms with Gasteiger partial charge >= 0.3 is 6.61 Å². The molecule has 0 N–H and O–H groups in total. The number of alkyl halides is 2. The van der Waals surface area contributed by atoms with E-state index in [1.807, 2.05) is 0 Å². The van der Waals surface area contributed by atoms with E-state index in [0.29, 0.717) is 5.56 Å². The van der Waals surface area contributed by atoms with Crippen LogP contribution in [0.5, 0.6) is 0 Å². The molecule has 0 fully saturated rings. The van der Waals surface area contributed by atoms with E-state index in [1.165, 1.54) is 0 Å². The van der Waals surface area contributed by atoms with Crippen molar-refractivity contribution >= 4 is 0 Å². The maximum absolute atomic E-state index is 11.6. The van der Waals surface area contributed by atoms with Gasteiger partial charge in [0.05, 0.1) is 6.61 Å². The topological polar surface area (TPSA) is 9.23 Å². The summed E-state index contributed by atoms with van der Waals surface area (Å²) >= 11 is 0. The molecule has 0 spiro atoms. The van der Waals surface area contributed by atoms with Gasteiger partial charge in [-0.2, -0.15) is 8.78 Å². The van der Waals surface area contributed by atoms with Gasteiger partial charge in [0.25, 0.3) is 0 Å². The minimum atomic E-state index is -2.73. The van der Waals surface area contributed by atoms with Gasteiger partial charge in [0.1, 0.15) is 0 Å². The van der Waals surface area contributed by atoms with Crippen LogP contribution in [0.15, 0.2) is 24.3 Å². The van der Waals surface area contributed by atoms with E-state index in [1.54, 1.807) is 24.3 Å². The van der Waals surface area contributed by atoms with Gasteiger partial charge in [-0.05, 0) is 17.7 Å². The van der Waals surface area contributed by atoms with Crippen molar-refractivity contribution in [2.45, 2.75) is 13.2 Å². The lowest BCUT2D eigenvalue weighted by Gasteiger charge is -2.02. The third-order valence-electron chi connectivity index (χ3n) is 1.50. The van der Waals surface area contributed by atoms with Crippen molar-refractivity contribution < 1.29 is 13.5 Å². The molecule has 0 aromatic heterocycles. The quantitative estimate of drug-likeness (QED) is 0.652. The van der Waals surface area contributed by atoms with Crippen LogP contribution in [-0.4, -0.2) is 6.61 Å². The maximum atomic E-state index is 11.6. The highest BCUT2D eigenvalue weighted by atomic mass is 19.3. The predicted molar refractivity (Wildman–Crippen MR) is 45.2 cm³/mol. The standard InChI is InChI=1S/C10H8F2O/c1-2-8-3-5-9(6-4-8)7-13-10(11)12/h1,3-6,10H,7H2. The summed E-state index contributed by atoms with van der Waals surface area (Å²) in [5, 5.41) is 0. The molecule has 1 nitrogen and oxygen atoms in total. The van der Waals surface area contributed by atoms with E-state index < -0.39 is 6.61 Å². The maximum Gasteiger partial charge on any atom is 0.345 e. The van der Waals surface area contributed by atoms with Crippen molar-refractivity contribution in [3.8, 4) is 12.3 Å². The van der Waals surface area contributed by atoms with E-state index in [0.717, 1.165) is 5.56 Å². The van der Waals surface area contributed by atoms with Crippen molar-refractivity contribution in [2.75, 3.05) is 0 Å². The summed E-state index contributed by atoms with van der Waals surface area (Å²) in [5.41, 5.74) is 1.40. The molecule has 13 heavy (non-hydrogen) atoms. The van der Waals surface area contributed by atoms with Crippen LogP contribution in [0.4, 0.5) is 8.78 Å². The molecule has 0 unspecified atom stereocenters. The lowest BCUT2D eigenvalue weighted by atomic mass is 10.1. The van der Waals surface area contributed by atoms with Crippen molar-refractivity contribution in [3.05, 3.63) is 35.4 Å². The molecule has 1 aromatic carbocycles. The molecule has 0 heterocycles. The number of hydrogen-bond acceptors (Lipinski definition) is 1. The van der Waals surface area contributed by atoms with Crippen molar-refractivity contribution in [1.82, 2.24) is 0 Å². The molecule has 0 radical (unpaired) electrons. The Bertz CT molecular complexity index is 298. The molecule has 1 aromatic rings. The highest BCUT2D eigenvalue weighted by molar-refractivity contribution is 5.33. The Morgan fingerprint density at radius 3 is 2.38 bits per heavy atom. The average molecular weight is 182 g/mol. The van der Waals surface area contributed by atoms with Crippen LogP contribution in [-0.2, 0) is 11.3 Å². The molecule has 0 aliphatic carbocycles. The molecule has 0 amide bonds. The van der Waals surface area contributed by atoms with Crippen LogP contribution in [0, 0.1) is 12.3 Å². The van der Waals surface area contributed by atoms with Crippen LogP contribution in [0.25, 0.3) is 0 Å². The van der Waals surface area contributed by atoms with Crippen LogP contribution < -0.4 is 0 Å². The Morgan fingerprint density at radius 1 is 1.31 bits per heavy atom. The van der Waals surface area contributed by atoms with E-state index >= 15 is 0 Å². The predicted octanol–water partition coefficient (Wildman–Crippen LogP) is 2.41. The third-order valence-corrected chi connectivity index (χ3v) is 1.50. The van der Waals surface area contributed by atoms with Gasteiger partial charge in [-0.15, -0.1) is 6.42 Å². The zero-order valence-corrected chi connectivity index (χ0v) is 6.84. The molecule has 3 heteroatoms. The lowest BCUT2D eigenvalue weighted by Crippen LogP contribution is -1.98. The molecule has 0 bridgehead atoms. The Balaban J connectivity index is 2.55. The van der Waals surface area contributed by atoms with Crippen LogP contribution in [0.3, 0.4) is 0 Å². The number of benzene rings is 1. The van der Waals surface area contributed by atoms with Crippen molar-refractivity contribution in [1.29, 1.82) is 0 Å². The number of rotatable bonds is 3. The SMILES string of the molecule is C#Cc1ccc(COC(F)F)cc1. The first-order chi connectivity index (χ1) is 6.22. The fourth-order valence-electron chi connectivity index (χ4n) is 0.856. The van der Waals surface area contributed by atoms with Gasteiger partial charge in [0, 0.05) is 5.56 Å². The minimum Gasteiger partial charge on any atom is -0.318 e. The highest BCUT2D eigenvalue weighted by Gasteiger charge is 2.01. The van der Waals surface area contributed by atoms with Gasteiger partial charge in [-0.1, -0.05) is 18.1 Å². The van der Waals surface area contributed by atoms with Gasteiger partial charge in [-0.3, -0.25) is 0 Å². The van der Waals surface area contributed by atoms with Crippen molar-refractivity contribution in [2.24, 2.45) is 0 Å². The molecule has 0 aliphatic rings. The second-order valence-electron chi connectivity index (χ2n) is 2.41. The Morgan fingerprint density at radius 2 is 1.92 bits per heavy atom. The third kappa shape index (κ3) is 3.22. The molecule has 0 saturated heterocycles. The smallest absolute Gasteiger partial charge is 0.318 e.